The van der Waals surface area contributed by atoms with Crippen LogP contribution in [0.15, 0.2) is 80.2 Å². The van der Waals surface area contributed by atoms with Gasteiger partial charge in [0.05, 0.1) is 33.9 Å². The van der Waals surface area contributed by atoms with E-state index in [0.717, 1.165) is 33.1 Å². The summed E-state index contributed by atoms with van der Waals surface area (Å²) in [5.74, 6) is 0.415. The number of anilines is 1. The first kappa shape index (κ1) is 24.8. The number of fused-ring (bicyclic) bond motifs is 1. The normalized spacial score (nSPS) is 13.5. The Bertz CT molecular complexity index is 1870. The van der Waals surface area contributed by atoms with Gasteiger partial charge in [-0.3, -0.25) is 14.3 Å². The zero-order valence-electron chi connectivity index (χ0n) is 21.4. The molecule has 3 aromatic heterocycles. The summed E-state index contributed by atoms with van der Waals surface area (Å²) >= 11 is 2.98. The quantitative estimate of drug-likeness (QED) is 0.314. The van der Waals surface area contributed by atoms with E-state index in [9.17, 15) is 9.59 Å². The highest BCUT2D eigenvalue weighted by molar-refractivity contribution is 7.11. The average molecular weight is 557 g/mol. The summed E-state index contributed by atoms with van der Waals surface area (Å²) in [7, 11) is 1.85. The van der Waals surface area contributed by atoms with E-state index in [1.54, 1.807) is 31.6 Å². The fraction of sp³-hybridized carbons (Fsp3) is 0.143. The van der Waals surface area contributed by atoms with Crippen molar-refractivity contribution >= 4 is 46.2 Å². The van der Waals surface area contributed by atoms with Gasteiger partial charge in [0, 0.05) is 18.0 Å². The number of aryl methyl sites for hydroxylation is 1. The highest BCUT2D eigenvalue weighted by Crippen LogP contribution is 2.33. The number of para-hydroxylation sites is 1. The first-order chi connectivity index (χ1) is 18.9. The predicted molar refractivity (Wildman–Crippen MR) is 155 cm³/mol. The lowest BCUT2D eigenvalue weighted by molar-refractivity contribution is -0.118. The molecule has 39 heavy (non-hydrogen) atoms. The van der Waals surface area contributed by atoms with Gasteiger partial charge in [-0.1, -0.05) is 18.2 Å². The van der Waals surface area contributed by atoms with E-state index in [1.165, 1.54) is 11.3 Å². The summed E-state index contributed by atoms with van der Waals surface area (Å²) < 4.78 is 10.7. The molecular weight excluding hydrogens is 532 g/mol. The van der Waals surface area contributed by atoms with Crippen molar-refractivity contribution in [3.05, 3.63) is 96.6 Å². The number of hydrogen-bond donors (Lipinski definition) is 1. The first-order valence-corrected chi connectivity index (χ1v) is 13.9. The molecule has 2 aromatic carbocycles. The van der Waals surface area contributed by atoms with Gasteiger partial charge in [-0.15, -0.1) is 22.7 Å². The van der Waals surface area contributed by atoms with Gasteiger partial charge in [0.15, 0.2) is 12.3 Å². The third-order valence-electron chi connectivity index (χ3n) is 6.52. The summed E-state index contributed by atoms with van der Waals surface area (Å²) in [6.45, 7) is 3.91. The van der Waals surface area contributed by atoms with E-state index in [0.29, 0.717) is 21.9 Å². The molecule has 0 saturated heterocycles. The number of amides is 1. The van der Waals surface area contributed by atoms with Crippen LogP contribution in [0.5, 0.6) is 5.75 Å². The molecule has 0 atom stereocenters. The second kappa shape index (κ2) is 10.0. The summed E-state index contributed by atoms with van der Waals surface area (Å²) in [5, 5.41) is 11.6. The molecule has 1 aliphatic heterocycles. The minimum Gasteiger partial charge on any atom is -0.482 e. The van der Waals surface area contributed by atoms with E-state index < -0.39 is 0 Å². The second-order valence-corrected chi connectivity index (χ2v) is 10.8. The van der Waals surface area contributed by atoms with Crippen LogP contribution in [-0.2, 0) is 11.8 Å². The van der Waals surface area contributed by atoms with E-state index in [4.69, 9.17) is 14.8 Å². The molecule has 0 fully saturated rings. The summed E-state index contributed by atoms with van der Waals surface area (Å²) in [5.41, 5.74) is 4.94. The van der Waals surface area contributed by atoms with Crippen LogP contribution in [0.4, 0.5) is 11.4 Å². The third-order valence-corrected chi connectivity index (χ3v) is 8.29. The highest BCUT2D eigenvalue weighted by atomic mass is 32.1. The van der Waals surface area contributed by atoms with Crippen molar-refractivity contribution in [2.45, 2.75) is 13.8 Å². The molecule has 9 nitrogen and oxygen atoms in total. The second-order valence-electron chi connectivity index (χ2n) is 9.00. The van der Waals surface area contributed by atoms with Crippen LogP contribution in [0.2, 0.25) is 0 Å². The molecule has 1 N–H and O–H groups in total. The molecule has 4 heterocycles. The fourth-order valence-corrected chi connectivity index (χ4v) is 5.96. The molecule has 0 spiro atoms. The maximum absolute atomic E-state index is 13.5. The summed E-state index contributed by atoms with van der Waals surface area (Å²) in [6, 6.07) is 17.1. The maximum Gasteiger partial charge on any atom is 0.297 e. The Morgan fingerprint density at radius 2 is 1.87 bits per heavy atom. The van der Waals surface area contributed by atoms with Gasteiger partial charge in [0.1, 0.15) is 5.75 Å². The number of aromatic nitrogens is 3. The number of nitrogens with zero attached hydrogens (tertiary/aromatic N) is 5. The Morgan fingerprint density at radius 3 is 2.64 bits per heavy atom. The Hall–Kier alpha value is -4.48. The zero-order valence-corrected chi connectivity index (χ0v) is 23.0. The molecule has 11 heteroatoms. The van der Waals surface area contributed by atoms with E-state index in [-0.39, 0.29) is 18.1 Å². The number of hydrogen-bond acceptors (Lipinski definition) is 7. The van der Waals surface area contributed by atoms with E-state index in [1.807, 2.05) is 86.3 Å². The van der Waals surface area contributed by atoms with Crippen LogP contribution in [0.3, 0.4) is 0 Å². The van der Waals surface area contributed by atoms with Crippen LogP contribution < -0.4 is 20.4 Å². The predicted octanol–water partition coefficient (Wildman–Crippen LogP) is 4.83. The molecule has 5 aromatic rings. The lowest BCUT2D eigenvalue weighted by Gasteiger charge is -2.18. The molecule has 1 amide bonds. The van der Waals surface area contributed by atoms with Crippen LogP contribution >= 0.6 is 22.7 Å². The monoisotopic (exact) mass is 556 g/mol. The number of thiazole rings is 1. The Kier molecular flexibility index (Phi) is 6.37. The SMILES string of the molecule is Cc1ccsc1C=Nn1c(-c2ccc3c(c2)NC(=O)CO3)csc1=Nc1c(C)n(C)n(-c2ccccc2)c1=O. The number of nitrogens with one attached hydrogen (secondary N) is 1. The Labute approximate surface area is 231 Å². The number of thiophene rings is 1. The van der Waals surface area contributed by atoms with Gasteiger partial charge in [0.25, 0.3) is 11.5 Å². The van der Waals surface area contributed by atoms with Crippen molar-refractivity contribution in [3.63, 3.8) is 0 Å². The average Bonchev–Trinajstić information content (AvgIpc) is 3.60. The van der Waals surface area contributed by atoms with Gasteiger partial charge >= 0.3 is 0 Å². The fourth-order valence-electron chi connectivity index (χ4n) is 4.33. The highest BCUT2D eigenvalue weighted by Gasteiger charge is 2.19. The topological polar surface area (TPSA) is 94.9 Å². The molecule has 196 valence electrons. The lowest BCUT2D eigenvalue weighted by atomic mass is 10.1. The van der Waals surface area contributed by atoms with Gasteiger partial charge in [0.2, 0.25) is 4.80 Å². The van der Waals surface area contributed by atoms with Crippen LogP contribution in [0, 0.1) is 13.8 Å². The standard InChI is InChI=1S/C28H24N6O3S2/c1-17-11-12-38-24(17)14-29-33-22(19-9-10-23-21(13-19)30-25(35)15-37-23)16-39-28(33)31-26-18(2)32(3)34(27(26)36)20-7-5-4-6-8-20/h4-14,16H,15H2,1-3H3,(H,30,35). The van der Waals surface area contributed by atoms with E-state index >= 15 is 0 Å². The van der Waals surface area contributed by atoms with Crippen molar-refractivity contribution < 1.29 is 9.53 Å². The van der Waals surface area contributed by atoms with Gasteiger partial charge in [-0.05, 0) is 61.2 Å². The van der Waals surface area contributed by atoms with Crippen molar-refractivity contribution in [1.29, 1.82) is 0 Å². The van der Waals surface area contributed by atoms with Crippen LogP contribution in [-0.4, -0.2) is 32.8 Å². The minimum atomic E-state index is -0.213. The first-order valence-electron chi connectivity index (χ1n) is 12.2. The zero-order chi connectivity index (χ0) is 27.1. The minimum absolute atomic E-state index is 0.00474. The molecule has 0 unspecified atom stereocenters. The van der Waals surface area contributed by atoms with Crippen molar-refractivity contribution in [1.82, 2.24) is 14.0 Å². The number of benzene rings is 2. The molecule has 1 aliphatic rings. The van der Waals surface area contributed by atoms with Gasteiger partial charge in [-0.25, -0.2) is 14.4 Å². The van der Waals surface area contributed by atoms with Gasteiger partial charge in [-0.2, -0.15) is 5.10 Å². The largest absolute Gasteiger partial charge is 0.482 e. The molecular formula is C28H24N6O3S2. The number of carbonyl (C=O) groups is 1. The Balaban J connectivity index is 1.52. The molecule has 0 radical (unpaired) electrons. The van der Waals surface area contributed by atoms with Crippen molar-refractivity contribution in [2.24, 2.45) is 17.1 Å². The molecule has 0 bridgehead atoms. The van der Waals surface area contributed by atoms with E-state index in [2.05, 4.69) is 5.32 Å². The molecule has 6 rings (SSSR count). The Morgan fingerprint density at radius 1 is 1.05 bits per heavy atom. The number of carbonyl (C=O) groups excluding carboxylic acids is 1. The molecule has 0 aliphatic carbocycles. The number of ether oxygens (including phenoxy) is 1. The van der Waals surface area contributed by atoms with Crippen LogP contribution in [0.1, 0.15) is 16.1 Å². The third kappa shape index (κ3) is 4.55. The summed E-state index contributed by atoms with van der Waals surface area (Å²) in [4.78, 5) is 31.8. The van der Waals surface area contributed by atoms with Gasteiger partial charge < -0.3 is 10.1 Å². The number of rotatable bonds is 5. The molecule has 0 saturated carbocycles. The van der Waals surface area contributed by atoms with Crippen molar-refractivity contribution in [3.8, 4) is 22.7 Å². The van der Waals surface area contributed by atoms with Crippen molar-refractivity contribution in [2.75, 3.05) is 11.9 Å². The smallest absolute Gasteiger partial charge is 0.297 e. The van der Waals surface area contributed by atoms with Crippen LogP contribution in [0.25, 0.3) is 16.9 Å². The lowest BCUT2D eigenvalue weighted by Crippen LogP contribution is -2.25. The maximum atomic E-state index is 13.5. The summed E-state index contributed by atoms with van der Waals surface area (Å²) in [6.07, 6.45) is 1.80.